The molecule has 1 aliphatic heterocycles. The molecule has 1 aromatic carbocycles. The van der Waals surface area contributed by atoms with Crippen LogP contribution in [0.25, 0.3) is 0 Å². The first-order valence-electron chi connectivity index (χ1n) is 6.12. The van der Waals surface area contributed by atoms with Gasteiger partial charge in [-0.25, -0.2) is 0 Å². The van der Waals surface area contributed by atoms with Crippen molar-refractivity contribution >= 4 is 5.78 Å². The average molecular weight is 216 g/mol. The van der Waals surface area contributed by atoms with Gasteiger partial charge in [0.25, 0.3) is 0 Å². The van der Waals surface area contributed by atoms with Crippen molar-refractivity contribution in [3.8, 4) is 5.75 Å². The van der Waals surface area contributed by atoms with Gasteiger partial charge in [-0.2, -0.15) is 0 Å². The van der Waals surface area contributed by atoms with E-state index in [-0.39, 0.29) is 5.92 Å². The number of Topliss-reactive ketones (excluding diaryl/α,β-unsaturated/α-hetero) is 1. The molecule has 0 aromatic heterocycles. The number of carbonyl (C=O) groups excluding carboxylic acids is 1. The average Bonchev–Trinajstić information content (AvgIpc) is 2.49. The maximum absolute atomic E-state index is 12.4. The van der Waals surface area contributed by atoms with Crippen molar-refractivity contribution in [3.63, 3.8) is 0 Å². The molecule has 0 bridgehead atoms. The minimum absolute atomic E-state index is 0.206. The molecule has 2 aliphatic rings. The third-order valence-corrected chi connectivity index (χ3v) is 3.85. The van der Waals surface area contributed by atoms with Crippen molar-refractivity contribution in [1.82, 2.24) is 0 Å². The van der Waals surface area contributed by atoms with Crippen LogP contribution in [0, 0.1) is 11.8 Å². The molecular weight excluding hydrogens is 200 g/mol. The molecule has 84 valence electrons. The maximum Gasteiger partial charge on any atom is 0.170 e. The summed E-state index contributed by atoms with van der Waals surface area (Å²) in [6.45, 7) is 0.716. The number of rotatable bonds is 0. The number of ether oxygens (including phenoxy) is 1. The van der Waals surface area contributed by atoms with Crippen molar-refractivity contribution in [2.24, 2.45) is 11.8 Å². The normalized spacial score (nSPS) is 28.6. The molecule has 1 aliphatic carbocycles. The molecule has 0 amide bonds. The van der Waals surface area contributed by atoms with E-state index in [1.54, 1.807) is 0 Å². The van der Waals surface area contributed by atoms with Crippen molar-refractivity contribution < 1.29 is 9.53 Å². The van der Waals surface area contributed by atoms with Gasteiger partial charge in [-0.15, -0.1) is 0 Å². The highest BCUT2D eigenvalue weighted by Gasteiger charge is 2.35. The monoisotopic (exact) mass is 216 g/mol. The zero-order valence-corrected chi connectivity index (χ0v) is 9.32. The smallest absolute Gasteiger partial charge is 0.170 e. The van der Waals surface area contributed by atoms with E-state index in [4.69, 9.17) is 4.74 Å². The number of benzene rings is 1. The highest BCUT2D eigenvalue weighted by atomic mass is 16.5. The van der Waals surface area contributed by atoms with E-state index in [1.165, 1.54) is 12.8 Å². The molecule has 1 fully saturated rings. The molecular formula is C14H16O2. The number of hydrogen-bond acceptors (Lipinski definition) is 2. The van der Waals surface area contributed by atoms with Crippen LogP contribution < -0.4 is 4.74 Å². The Morgan fingerprint density at radius 2 is 1.94 bits per heavy atom. The van der Waals surface area contributed by atoms with Crippen LogP contribution in [0.5, 0.6) is 5.75 Å². The fourth-order valence-corrected chi connectivity index (χ4v) is 2.94. The molecule has 2 nitrogen and oxygen atoms in total. The Labute approximate surface area is 95.6 Å². The second-order valence-corrected chi connectivity index (χ2v) is 4.82. The summed E-state index contributed by atoms with van der Waals surface area (Å²) >= 11 is 0. The Balaban J connectivity index is 1.99. The molecule has 2 heteroatoms. The predicted octanol–water partition coefficient (Wildman–Crippen LogP) is 3.07. The van der Waals surface area contributed by atoms with Gasteiger partial charge in [0, 0.05) is 11.8 Å². The minimum atomic E-state index is 0.206. The summed E-state index contributed by atoms with van der Waals surface area (Å²) < 4.78 is 5.77. The van der Waals surface area contributed by atoms with Crippen molar-refractivity contribution in [1.29, 1.82) is 0 Å². The van der Waals surface area contributed by atoms with Gasteiger partial charge < -0.3 is 4.74 Å². The Hall–Kier alpha value is -1.31. The first-order chi connectivity index (χ1) is 7.86. The lowest BCUT2D eigenvalue weighted by atomic mass is 9.76. The lowest BCUT2D eigenvalue weighted by Crippen LogP contribution is -2.28. The van der Waals surface area contributed by atoms with Gasteiger partial charge >= 0.3 is 0 Å². The zero-order chi connectivity index (χ0) is 11.0. The standard InChI is InChI=1S/C14H16O2/c15-14-11-6-2-1-5-10(11)9-16-13-8-4-3-7-12(13)14/h3-4,7-8,10-11H,1-2,5-6,9H2/t10-,11+/m1/s1. The van der Waals surface area contributed by atoms with Crippen LogP contribution in [-0.4, -0.2) is 12.4 Å². The fourth-order valence-electron chi connectivity index (χ4n) is 2.94. The second kappa shape index (κ2) is 3.93. The van der Waals surface area contributed by atoms with Crippen molar-refractivity contribution in [2.45, 2.75) is 25.7 Å². The van der Waals surface area contributed by atoms with E-state index < -0.39 is 0 Å². The quantitative estimate of drug-likeness (QED) is 0.666. The summed E-state index contributed by atoms with van der Waals surface area (Å²) in [7, 11) is 0. The molecule has 1 heterocycles. The van der Waals surface area contributed by atoms with Gasteiger partial charge in [-0.05, 0) is 25.0 Å². The Morgan fingerprint density at radius 1 is 1.12 bits per heavy atom. The van der Waals surface area contributed by atoms with Gasteiger partial charge in [-0.3, -0.25) is 4.79 Å². The van der Waals surface area contributed by atoms with Crippen molar-refractivity contribution in [3.05, 3.63) is 29.8 Å². The van der Waals surface area contributed by atoms with Crippen LogP contribution in [0.4, 0.5) is 0 Å². The van der Waals surface area contributed by atoms with Crippen molar-refractivity contribution in [2.75, 3.05) is 6.61 Å². The molecule has 0 unspecified atom stereocenters. The summed E-state index contributed by atoms with van der Waals surface area (Å²) in [6.07, 6.45) is 4.62. The van der Waals surface area contributed by atoms with E-state index in [9.17, 15) is 4.79 Å². The van der Waals surface area contributed by atoms with Gasteiger partial charge in [0.05, 0.1) is 12.2 Å². The zero-order valence-electron chi connectivity index (χ0n) is 9.32. The minimum Gasteiger partial charge on any atom is -0.493 e. The molecule has 1 saturated carbocycles. The topological polar surface area (TPSA) is 26.3 Å². The SMILES string of the molecule is O=C1c2ccccc2OC[C@H]2CCCC[C@H]12. The molecule has 0 N–H and O–H groups in total. The number of fused-ring (bicyclic) bond motifs is 2. The number of hydrogen-bond donors (Lipinski definition) is 0. The van der Waals surface area contributed by atoms with Crippen LogP contribution in [-0.2, 0) is 0 Å². The number of ketones is 1. The summed E-state index contributed by atoms with van der Waals surface area (Å²) in [5.74, 6) is 1.73. The third kappa shape index (κ3) is 1.53. The predicted molar refractivity (Wildman–Crippen MR) is 61.7 cm³/mol. The van der Waals surface area contributed by atoms with E-state index in [0.29, 0.717) is 18.3 Å². The molecule has 16 heavy (non-hydrogen) atoms. The third-order valence-electron chi connectivity index (χ3n) is 3.85. The molecule has 0 spiro atoms. The van der Waals surface area contributed by atoms with E-state index in [2.05, 4.69) is 0 Å². The maximum atomic E-state index is 12.4. The van der Waals surface area contributed by atoms with Crippen LogP contribution in [0.2, 0.25) is 0 Å². The molecule has 1 aromatic rings. The van der Waals surface area contributed by atoms with Gasteiger partial charge in [0.1, 0.15) is 5.75 Å². The fraction of sp³-hybridized carbons (Fsp3) is 0.500. The Morgan fingerprint density at radius 3 is 2.88 bits per heavy atom. The summed E-state index contributed by atoms with van der Waals surface area (Å²) in [4.78, 5) is 12.4. The van der Waals surface area contributed by atoms with Gasteiger partial charge in [0.2, 0.25) is 0 Å². The van der Waals surface area contributed by atoms with Crippen LogP contribution in [0.15, 0.2) is 24.3 Å². The number of carbonyl (C=O) groups is 1. The van der Waals surface area contributed by atoms with E-state index >= 15 is 0 Å². The summed E-state index contributed by atoms with van der Waals surface area (Å²) in [6, 6.07) is 7.66. The Bertz CT molecular complexity index is 411. The van der Waals surface area contributed by atoms with Gasteiger partial charge in [0.15, 0.2) is 5.78 Å². The Kier molecular flexibility index (Phi) is 2.43. The van der Waals surface area contributed by atoms with Crippen LogP contribution in [0.3, 0.4) is 0 Å². The summed E-state index contributed by atoms with van der Waals surface area (Å²) in [5, 5.41) is 0. The molecule has 2 atom stereocenters. The number of para-hydroxylation sites is 1. The molecule has 3 rings (SSSR count). The van der Waals surface area contributed by atoms with Gasteiger partial charge in [-0.1, -0.05) is 25.0 Å². The second-order valence-electron chi connectivity index (χ2n) is 4.82. The lowest BCUT2D eigenvalue weighted by molar-refractivity contribution is 0.0802. The highest BCUT2D eigenvalue weighted by molar-refractivity contribution is 6.00. The van der Waals surface area contributed by atoms with E-state index in [0.717, 1.165) is 24.2 Å². The van der Waals surface area contributed by atoms with Crippen LogP contribution >= 0.6 is 0 Å². The molecule has 0 saturated heterocycles. The largest absolute Gasteiger partial charge is 0.493 e. The first kappa shape index (κ1) is 9.88. The van der Waals surface area contributed by atoms with Crippen LogP contribution in [0.1, 0.15) is 36.0 Å². The van der Waals surface area contributed by atoms with E-state index in [1.807, 2.05) is 24.3 Å². The highest BCUT2D eigenvalue weighted by Crippen LogP contribution is 2.37. The first-order valence-corrected chi connectivity index (χ1v) is 6.12. The molecule has 0 radical (unpaired) electrons. The lowest BCUT2D eigenvalue weighted by Gasteiger charge is -2.27. The summed E-state index contributed by atoms with van der Waals surface area (Å²) in [5.41, 5.74) is 0.789.